The summed E-state index contributed by atoms with van der Waals surface area (Å²) in [6, 6.07) is 18.9. The molecule has 116 valence electrons. The number of benzene rings is 2. The molecule has 1 amide bonds. The van der Waals surface area contributed by atoms with Crippen LogP contribution in [0.1, 0.15) is 17.5 Å². The van der Waals surface area contributed by atoms with E-state index in [4.69, 9.17) is 0 Å². The number of nitrogens with one attached hydrogen (secondary N) is 1. The van der Waals surface area contributed by atoms with Gasteiger partial charge in [-0.25, -0.2) is 0 Å². The molecule has 1 aliphatic heterocycles. The van der Waals surface area contributed by atoms with E-state index in [1.165, 1.54) is 11.8 Å². The molecule has 0 spiro atoms. The Morgan fingerprint density at radius 1 is 1.04 bits per heavy atom. The molecule has 1 saturated heterocycles. The van der Waals surface area contributed by atoms with Crippen LogP contribution in [0, 0.1) is 0 Å². The zero-order valence-corrected chi connectivity index (χ0v) is 13.4. The van der Waals surface area contributed by atoms with E-state index in [0.29, 0.717) is 12.0 Å². The van der Waals surface area contributed by atoms with Crippen molar-refractivity contribution in [3.05, 3.63) is 71.8 Å². The van der Waals surface area contributed by atoms with Crippen LogP contribution in [-0.4, -0.2) is 22.8 Å². The first-order valence-electron chi connectivity index (χ1n) is 7.54. The summed E-state index contributed by atoms with van der Waals surface area (Å²) in [5.74, 6) is 0.563. The SMILES string of the molecule is O=C(NC1CCSC1=O)C(=Cc1ccccc1)c1ccccc1. The number of rotatable bonds is 4. The van der Waals surface area contributed by atoms with Crippen molar-refractivity contribution in [1.82, 2.24) is 5.32 Å². The fourth-order valence-electron chi connectivity index (χ4n) is 2.48. The molecule has 0 saturated carbocycles. The Morgan fingerprint density at radius 3 is 2.30 bits per heavy atom. The van der Waals surface area contributed by atoms with Gasteiger partial charge in [0, 0.05) is 11.3 Å². The van der Waals surface area contributed by atoms with Crippen molar-refractivity contribution >= 4 is 34.4 Å². The predicted molar refractivity (Wildman–Crippen MR) is 94.8 cm³/mol. The minimum absolute atomic E-state index is 0.0467. The molecular weight excluding hydrogens is 306 g/mol. The molecule has 1 atom stereocenters. The van der Waals surface area contributed by atoms with Gasteiger partial charge in [0.05, 0.1) is 6.04 Å². The maximum Gasteiger partial charge on any atom is 0.252 e. The average molecular weight is 323 g/mol. The highest BCUT2D eigenvalue weighted by molar-refractivity contribution is 8.14. The molecule has 0 radical (unpaired) electrons. The molecule has 23 heavy (non-hydrogen) atoms. The minimum Gasteiger partial charge on any atom is -0.341 e. The maximum absolute atomic E-state index is 12.7. The minimum atomic E-state index is -0.379. The lowest BCUT2D eigenvalue weighted by Crippen LogP contribution is -2.37. The fourth-order valence-corrected chi connectivity index (χ4v) is 3.41. The lowest BCUT2D eigenvalue weighted by atomic mass is 10.0. The third-order valence-electron chi connectivity index (χ3n) is 3.68. The first-order valence-corrected chi connectivity index (χ1v) is 8.52. The van der Waals surface area contributed by atoms with Gasteiger partial charge in [-0.3, -0.25) is 9.59 Å². The number of amides is 1. The molecule has 2 aromatic carbocycles. The number of carbonyl (C=O) groups excluding carboxylic acids is 2. The van der Waals surface area contributed by atoms with Crippen molar-refractivity contribution in [2.75, 3.05) is 5.75 Å². The molecule has 1 N–H and O–H groups in total. The van der Waals surface area contributed by atoms with Gasteiger partial charge in [0.15, 0.2) is 0 Å². The van der Waals surface area contributed by atoms with Gasteiger partial charge in [0.2, 0.25) is 5.12 Å². The molecule has 1 fully saturated rings. The van der Waals surface area contributed by atoms with Crippen LogP contribution in [0.5, 0.6) is 0 Å². The smallest absolute Gasteiger partial charge is 0.252 e. The Kier molecular flexibility index (Phi) is 4.93. The van der Waals surface area contributed by atoms with Crippen molar-refractivity contribution in [1.29, 1.82) is 0 Å². The molecule has 2 aromatic rings. The monoisotopic (exact) mass is 323 g/mol. The van der Waals surface area contributed by atoms with Crippen LogP contribution in [0.15, 0.2) is 60.7 Å². The summed E-state index contributed by atoms with van der Waals surface area (Å²) >= 11 is 1.29. The fraction of sp³-hybridized carbons (Fsp3) is 0.158. The maximum atomic E-state index is 12.7. The highest BCUT2D eigenvalue weighted by atomic mass is 32.2. The standard InChI is InChI=1S/C19H17NO2S/c21-18(20-17-11-12-23-19(17)22)16(15-9-5-2-6-10-15)13-14-7-3-1-4-8-14/h1-10,13,17H,11-12H2,(H,20,21). The second-order valence-electron chi connectivity index (χ2n) is 5.32. The van der Waals surface area contributed by atoms with E-state index in [2.05, 4.69) is 5.32 Å². The number of thioether (sulfide) groups is 1. The summed E-state index contributed by atoms with van der Waals surface area (Å²) < 4.78 is 0. The van der Waals surface area contributed by atoms with Gasteiger partial charge in [0.1, 0.15) is 0 Å². The van der Waals surface area contributed by atoms with Gasteiger partial charge in [-0.15, -0.1) is 0 Å². The van der Waals surface area contributed by atoms with Crippen LogP contribution in [0.25, 0.3) is 11.6 Å². The third kappa shape index (κ3) is 3.90. The van der Waals surface area contributed by atoms with E-state index in [1.807, 2.05) is 66.7 Å². The van der Waals surface area contributed by atoms with E-state index in [9.17, 15) is 9.59 Å². The zero-order valence-electron chi connectivity index (χ0n) is 12.6. The zero-order chi connectivity index (χ0) is 16.1. The molecule has 1 heterocycles. The van der Waals surface area contributed by atoms with E-state index in [1.54, 1.807) is 0 Å². The van der Waals surface area contributed by atoms with Crippen molar-refractivity contribution in [2.45, 2.75) is 12.5 Å². The largest absolute Gasteiger partial charge is 0.341 e. The molecular formula is C19H17NO2S. The lowest BCUT2D eigenvalue weighted by molar-refractivity contribution is -0.120. The summed E-state index contributed by atoms with van der Waals surface area (Å²) in [4.78, 5) is 24.5. The van der Waals surface area contributed by atoms with Crippen LogP contribution in [0.2, 0.25) is 0 Å². The molecule has 0 aliphatic carbocycles. The van der Waals surface area contributed by atoms with Crippen LogP contribution >= 0.6 is 11.8 Å². The molecule has 3 rings (SSSR count). The number of carbonyl (C=O) groups is 2. The highest BCUT2D eigenvalue weighted by Gasteiger charge is 2.27. The van der Waals surface area contributed by atoms with Crippen LogP contribution < -0.4 is 5.32 Å². The van der Waals surface area contributed by atoms with Crippen LogP contribution in [0.3, 0.4) is 0 Å². The Balaban J connectivity index is 1.90. The van der Waals surface area contributed by atoms with E-state index >= 15 is 0 Å². The molecule has 0 bridgehead atoms. The van der Waals surface area contributed by atoms with Gasteiger partial charge in [-0.2, -0.15) is 0 Å². The van der Waals surface area contributed by atoms with Crippen molar-refractivity contribution < 1.29 is 9.59 Å². The van der Waals surface area contributed by atoms with E-state index < -0.39 is 0 Å². The third-order valence-corrected chi connectivity index (χ3v) is 4.69. The normalized spacial score (nSPS) is 18.0. The molecule has 0 aromatic heterocycles. The number of hydrogen-bond donors (Lipinski definition) is 1. The topological polar surface area (TPSA) is 46.2 Å². The lowest BCUT2D eigenvalue weighted by Gasteiger charge is -2.13. The van der Waals surface area contributed by atoms with Crippen molar-refractivity contribution in [3.63, 3.8) is 0 Å². The second-order valence-corrected chi connectivity index (χ2v) is 6.42. The van der Waals surface area contributed by atoms with Gasteiger partial charge in [-0.1, -0.05) is 72.4 Å². The Bertz CT molecular complexity index is 726. The Hall–Kier alpha value is -2.33. The first-order chi connectivity index (χ1) is 11.2. The van der Waals surface area contributed by atoms with E-state index in [0.717, 1.165) is 16.9 Å². The summed E-state index contributed by atoms with van der Waals surface area (Å²) in [5, 5.41) is 2.92. The Morgan fingerprint density at radius 2 is 1.70 bits per heavy atom. The molecule has 1 aliphatic rings. The predicted octanol–water partition coefficient (Wildman–Crippen LogP) is 3.38. The summed E-state index contributed by atoms with van der Waals surface area (Å²) in [7, 11) is 0. The van der Waals surface area contributed by atoms with Gasteiger partial charge < -0.3 is 5.32 Å². The molecule has 1 unspecified atom stereocenters. The summed E-state index contributed by atoms with van der Waals surface area (Å²) in [5.41, 5.74) is 2.36. The van der Waals surface area contributed by atoms with Crippen molar-refractivity contribution in [3.8, 4) is 0 Å². The van der Waals surface area contributed by atoms with Crippen LogP contribution in [0.4, 0.5) is 0 Å². The highest BCUT2D eigenvalue weighted by Crippen LogP contribution is 2.22. The second kappa shape index (κ2) is 7.29. The quantitative estimate of drug-likeness (QED) is 0.693. The molecule has 3 nitrogen and oxygen atoms in total. The summed E-state index contributed by atoms with van der Waals surface area (Å²) in [6.07, 6.45) is 2.56. The molecule has 4 heteroatoms. The van der Waals surface area contributed by atoms with E-state index in [-0.39, 0.29) is 17.1 Å². The first kappa shape index (κ1) is 15.6. The van der Waals surface area contributed by atoms with Crippen molar-refractivity contribution in [2.24, 2.45) is 0 Å². The Labute approximate surface area is 139 Å². The van der Waals surface area contributed by atoms with Gasteiger partial charge >= 0.3 is 0 Å². The summed E-state index contributed by atoms with van der Waals surface area (Å²) in [6.45, 7) is 0. The van der Waals surface area contributed by atoms with Gasteiger partial charge in [0.25, 0.3) is 5.91 Å². The van der Waals surface area contributed by atoms with Crippen LogP contribution in [-0.2, 0) is 9.59 Å². The average Bonchev–Trinajstić information content (AvgIpc) is 2.99. The van der Waals surface area contributed by atoms with Gasteiger partial charge in [-0.05, 0) is 23.6 Å². The number of hydrogen-bond acceptors (Lipinski definition) is 3.